The standard InChI is InChI=1S/C12H17IN2O2/c1-9(8-15-6-2-3-12(15)16)14-7-10-4-5-11(13)17-10/h4-5,9,14H,2-3,6-8H2,1H3. The van der Waals surface area contributed by atoms with Gasteiger partial charge in [-0.05, 0) is 48.1 Å². The fraction of sp³-hybridized carbons (Fsp3) is 0.583. The second-order valence-electron chi connectivity index (χ2n) is 4.43. The molecule has 4 nitrogen and oxygen atoms in total. The predicted molar refractivity (Wildman–Crippen MR) is 73.5 cm³/mol. The summed E-state index contributed by atoms with van der Waals surface area (Å²) in [6.45, 7) is 4.51. The van der Waals surface area contributed by atoms with E-state index < -0.39 is 0 Å². The van der Waals surface area contributed by atoms with Crippen LogP contribution >= 0.6 is 22.6 Å². The summed E-state index contributed by atoms with van der Waals surface area (Å²) in [6, 6.07) is 4.22. The molecule has 0 bridgehead atoms. The molecule has 0 aromatic carbocycles. The van der Waals surface area contributed by atoms with Gasteiger partial charge in [0.2, 0.25) is 5.91 Å². The number of nitrogens with one attached hydrogen (secondary N) is 1. The van der Waals surface area contributed by atoms with Crippen LogP contribution in [-0.2, 0) is 11.3 Å². The number of hydrogen-bond acceptors (Lipinski definition) is 3. The van der Waals surface area contributed by atoms with E-state index in [9.17, 15) is 4.79 Å². The molecule has 1 saturated heterocycles. The summed E-state index contributed by atoms with van der Waals surface area (Å²) in [6.07, 6.45) is 1.71. The van der Waals surface area contributed by atoms with Crippen LogP contribution in [0.25, 0.3) is 0 Å². The lowest BCUT2D eigenvalue weighted by molar-refractivity contribution is -0.127. The Morgan fingerprint density at radius 3 is 3.00 bits per heavy atom. The minimum Gasteiger partial charge on any atom is -0.454 e. The Balaban J connectivity index is 1.73. The lowest BCUT2D eigenvalue weighted by atomic mass is 10.3. The van der Waals surface area contributed by atoms with E-state index in [4.69, 9.17) is 4.42 Å². The molecule has 1 unspecified atom stereocenters. The van der Waals surface area contributed by atoms with Crippen LogP contribution in [0.1, 0.15) is 25.5 Å². The molecule has 0 aliphatic carbocycles. The first-order valence-corrected chi connectivity index (χ1v) is 6.98. The first kappa shape index (κ1) is 12.9. The summed E-state index contributed by atoms with van der Waals surface area (Å²) in [5.41, 5.74) is 0. The fourth-order valence-electron chi connectivity index (χ4n) is 2.01. The van der Waals surface area contributed by atoms with Crippen LogP contribution in [0.2, 0.25) is 0 Å². The van der Waals surface area contributed by atoms with Crippen molar-refractivity contribution in [1.82, 2.24) is 10.2 Å². The van der Waals surface area contributed by atoms with Gasteiger partial charge >= 0.3 is 0 Å². The molecular weight excluding hydrogens is 331 g/mol. The molecule has 1 amide bonds. The predicted octanol–water partition coefficient (Wildman–Crippen LogP) is 1.98. The quantitative estimate of drug-likeness (QED) is 0.828. The number of rotatable bonds is 5. The molecule has 17 heavy (non-hydrogen) atoms. The number of hydrogen-bond donors (Lipinski definition) is 1. The lowest BCUT2D eigenvalue weighted by Crippen LogP contribution is -2.39. The van der Waals surface area contributed by atoms with Crippen molar-refractivity contribution < 1.29 is 9.21 Å². The van der Waals surface area contributed by atoms with Gasteiger partial charge < -0.3 is 14.6 Å². The summed E-state index contributed by atoms with van der Waals surface area (Å²) in [7, 11) is 0. The SMILES string of the molecule is CC(CN1CCCC1=O)NCc1ccc(I)o1. The lowest BCUT2D eigenvalue weighted by Gasteiger charge is -2.21. The van der Waals surface area contributed by atoms with Crippen LogP contribution in [0.3, 0.4) is 0 Å². The number of carbonyl (C=O) groups is 1. The maximum absolute atomic E-state index is 11.5. The molecule has 0 saturated carbocycles. The van der Waals surface area contributed by atoms with Crippen LogP contribution in [0, 0.1) is 3.77 Å². The molecule has 1 atom stereocenters. The van der Waals surface area contributed by atoms with Crippen molar-refractivity contribution in [3.63, 3.8) is 0 Å². The van der Waals surface area contributed by atoms with Crippen molar-refractivity contribution in [2.24, 2.45) is 0 Å². The number of carbonyl (C=O) groups excluding carboxylic acids is 1. The molecule has 2 rings (SSSR count). The van der Waals surface area contributed by atoms with E-state index in [0.717, 1.165) is 29.0 Å². The molecule has 0 radical (unpaired) electrons. The Hall–Kier alpha value is -0.560. The van der Waals surface area contributed by atoms with Crippen molar-refractivity contribution in [2.75, 3.05) is 13.1 Å². The van der Waals surface area contributed by atoms with Crippen molar-refractivity contribution >= 4 is 28.5 Å². The van der Waals surface area contributed by atoms with E-state index in [1.807, 2.05) is 17.0 Å². The van der Waals surface area contributed by atoms with Gasteiger partial charge in [-0.15, -0.1) is 0 Å². The number of nitrogens with zero attached hydrogens (tertiary/aromatic N) is 1. The van der Waals surface area contributed by atoms with Gasteiger partial charge in [0.1, 0.15) is 5.76 Å². The smallest absolute Gasteiger partial charge is 0.222 e. The second kappa shape index (κ2) is 5.86. The topological polar surface area (TPSA) is 45.5 Å². The van der Waals surface area contributed by atoms with Gasteiger partial charge in [0.05, 0.1) is 6.54 Å². The van der Waals surface area contributed by atoms with Crippen LogP contribution in [0.5, 0.6) is 0 Å². The molecule has 2 heterocycles. The third-order valence-corrected chi connectivity index (χ3v) is 3.50. The summed E-state index contributed by atoms with van der Waals surface area (Å²) in [4.78, 5) is 13.4. The van der Waals surface area contributed by atoms with Gasteiger partial charge in [0.25, 0.3) is 0 Å². The minimum absolute atomic E-state index is 0.284. The van der Waals surface area contributed by atoms with Gasteiger partial charge in [-0.3, -0.25) is 4.79 Å². The zero-order valence-electron chi connectivity index (χ0n) is 9.91. The van der Waals surface area contributed by atoms with E-state index in [2.05, 4.69) is 34.8 Å². The zero-order chi connectivity index (χ0) is 12.3. The van der Waals surface area contributed by atoms with Crippen LogP contribution in [0.15, 0.2) is 16.5 Å². The summed E-state index contributed by atoms with van der Waals surface area (Å²) in [5, 5.41) is 3.37. The van der Waals surface area contributed by atoms with Crippen molar-refractivity contribution in [3.05, 3.63) is 21.7 Å². The van der Waals surface area contributed by atoms with Crippen LogP contribution in [-0.4, -0.2) is 29.9 Å². The average molecular weight is 348 g/mol. The summed E-state index contributed by atoms with van der Waals surface area (Å²) >= 11 is 2.15. The third-order valence-electron chi connectivity index (χ3n) is 2.92. The molecule has 1 N–H and O–H groups in total. The Morgan fingerprint density at radius 2 is 2.41 bits per heavy atom. The van der Waals surface area contributed by atoms with E-state index in [-0.39, 0.29) is 5.91 Å². The van der Waals surface area contributed by atoms with Gasteiger partial charge in [0.15, 0.2) is 3.77 Å². The van der Waals surface area contributed by atoms with Crippen molar-refractivity contribution in [1.29, 1.82) is 0 Å². The molecule has 1 aliphatic heterocycles. The van der Waals surface area contributed by atoms with E-state index in [1.165, 1.54) is 0 Å². The Morgan fingerprint density at radius 1 is 1.59 bits per heavy atom. The van der Waals surface area contributed by atoms with Crippen LogP contribution < -0.4 is 5.32 Å². The number of furan rings is 1. The molecule has 5 heteroatoms. The molecule has 1 fully saturated rings. The van der Waals surface area contributed by atoms with Gasteiger partial charge in [-0.2, -0.15) is 0 Å². The largest absolute Gasteiger partial charge is 0.454 e. The van der Waals surface area contributed by atoms with Gasteiger partial charge in [0, 0.05) is 25.6 Å². The third kappa shape index (κ3) is 3.70. The number of likely N-dealkylation sites (tertiary alicyclic amines) is 1. The monoisotopic (exact) mass is 348 g/mol. The average Bonchev–Trinajstić information content (AvgIpc) is 2.86. The first-order chi connectivity index (χ1) is 8.15. The molecule has 0 spiro atoms. The highest BCUT2D eigenvalue weighted by Gasteiger charge is 2.21. The normalized spacial score (nSPS) is 17.8. The Bertz CT molecular complexity index is 392. The van der Waals surface area contributed by atoms with Crippen molar-refractivity contribution in [3.8, 4) is 0 Å². The Kier molecular flexibility index (Phi) is 4.44. The molecule has 1 aromatic heterocycles. The van der Waals surface area contributed by atoms with Crippen LogP contribution in [0.4, 0.5) is 0 Å². The highest BCUT2D eigenvalue weighted by Crippen LogP contribution is 2.11. The second-order valence-corrected chi connectivity index (χ2v) is 5.49. The maximum atomic E-state index is 11.5. The van der Waals surface area contributed by atoms with E-state index in [1.54, 1.807) is 0 Å². The van der Waals surface area contributed by atoms with Gasteiger partial charge in [-0.1, -0.05) is 0 Å². The van der Waals surface area contributed by atoms with Gasteiger partial charge in [-0.25, -0.2) is 0 Å². The highest BCUT2D eigenvalue weighted by atomic mass is 127. The molecule has 94 valence electrons. The maximum Gasteiger partial charge on any atom is 0.222 e. The Labute approximate surface area is 115 Å². The molecular formula is C12H17IN2O2. The number of amides is 1. The summed E-state index contributed by atoms with van der Waals surface area (Å²) < 4.78 is 6.37. The fourth-order valence-corrected chi connectivity index (χ4v) is 2.48. The first-order valence-electron chi connectivity index (χ1n) is 5.90. The van der Waals surface area contributed by atoms with E-state index in [0.29, 0.717) is 19.0 Å². The minimum atomic E-state index is 0.284. The van der Waals surface area contributed by atoms with Crippen molar-refractivity contribution in [2.45, 2.75) is 32.4 Å². The highest BCUT2D eigenvalue weighted by molar-refractivity contribution is 14.1. The number of halogens is 1. The zero-order valence-corrected chi connectivity index (χ0v) is 12.1. The molecule has 1 aromatic rings. The molecule has 1 aliphatic rings. The van der Waals surface area contributed by atoms with E-state index >= 15 is 0 Å². The summed E-state index contributed by atoms with van der Waals surface area (Å²) in [5.74, 6) is 1.22.